The molecule has 1 saturated heterocycles. The number of nitrogens with zero attached hydrogens (tertiary/aromatic N) is 1. The fraction of sp³-hybridized carbons (Fsp3) is 0.200. The summed E-state index contributed by atoms with van der Waals surface area (Å²) in [6, 6.07) is 9.83. The number of furan rings is 1. The molecule has 1 unspecified atom stereocenters. The van der Waals surface area contributed by atoms with Gasteiger partial charge in [-0.15, -0.1) is 0 Å². The van der Waals surface area contributed by atoms with E-state index in [0.717, 1.165) is 28.6 Å². The number of aryl methyl sites for hydroxylation is 1. The van der Waals surface area contributed by atoms with Crippen LogP contribution in [0.3, 0.4) is 0 Å². The standard InChI is InChI=1S/C20H17NO6S2/c1-2-11-3-5-12(6-4-11)15-8-7-13(27-15)9-16-18(24)21(20(28)29-16)14(19(25)26)10-17(22)23/h3-9,14H,2,10H2,1H3,(H,22,23)(H,25,26)/b16-9+. The SMILES string of the molecule is CCc1ccc(-c2ccc(/C=C3/SC(=S)N(C(CC(=O)O)C(=O)O)C3=O)o2)cc1. The van der Waals surface area contributed by atoms with Gasteiger partial charge in [-0.05, 0) is 24.1 Å². The summed E-state index contributed by atoms with van der Waals surface area (Å²) in [5, 5.41) is 18.2. The Morgan fingerprint density at radius 3 is 2.48 bits per heavy atom. The Balaban J connectivity index is 1.83. The van der Waals surface area contributed by atoms with E-state index in [1.54, 1.807) is 12.1 Å². The largest absolute Gasteiger partial charge is 0.481 e. The van der Waals surface area contributed by atoms with Crippen LogP contribution in [-0.4, -0.2) is 43.3 Å². The molecule has 1 amide bonds. The van der Waals surface area contributed by atoms with Crippen LogP contribution in [0.5, 0.6) is 0 Å². The zero-order valence-electron chi connectivity index (χ0n) is 15.3. The second-order valence-electron chi connectivity index (χ2n) is 6.26. The first-order valence-corrected chi connectivity index (χ1v) is 9.93. The van der Waals surface area contributed by atoms with Gasteiger partial charge in [-0.25, -0.2) is 4.79 Å². The molecule has 2 N–H and O–H groups in total. The topological polar surface area (TPSA) is 108 Å². The van der Waals surface area contributed by atoms with Crippen molar-refractivity contribution >= 4 is 52.2 Å². The fourth-order valence-electron chi connectivity index (χ4n) is 2.82. The van der Waals surface area contributed by atoms with Crippen molar-refractivity contribution in [3.8, 4) is 11.3 Å². The summed E-state index contributed by atoms with van der Waals surface area (Å²) >= 11 is 6.02. The van der Waals surface area contributed by atoms with Crippen molar-refractivity contribution in [2.24, 2.45) is 0 Å². The maximum atomic E-state index is 12.6. The minimum atomic E-state index is -1.56. The van der Waals surface area contributed by atoms with Crippen LogP contribution in [0.4, 0.5) is 0 Å². The van der Waals surface area contributed by atoms with Crippen molar-refractivity contribution in [3.63, 3.8) is 0 Å². The molecule has 1 aromatic heterocycles. The Hall–Kier alpha value is -2.91. The zero-order valence-corrected chi connectivity index (χ0v) is 17.0. The van der Waals surface area contributed by atoms with E-state index >= 15 is 0 Å². The van der Waals surface area contributed by atoms with Crippen molar-refractivity contribution in [2.45, 2.75) is 25.8 Å². The molecule has 1 aliphatic heterocycles. The molecule has 0 bridgehead atoms. The average Bonchev–Trinajstić information content (AvgIpc) is 3.25. The van der Waals surface area contributed by atoms with Crippen LogP contribution in [0, 0.1) is 0 Å². The molecule has 9 heteroatoms. The normalized spacial score (nSPS) is 16.4. The number of thiocarbonyl (C=S) groups is 1. The maximum Gasteiger partial charge on any atom is 0.327 e. The first-order valence-electron chi connectivity index (χ1n) is 8.71. The summed E-state index contributed by atoms with van der Waals surface area (Å²) in [5.74, 6) is -2.38. The van der Waals surface area contributed by atoms with E-state index < -0.39 is 30.3 Å². The molecular formula is C20H17NO6S2. The number of aliphatic carboxylic acids is 2. The molecule has 1 atom stereocenters. The van der Waals surface area contributed by atoms with Crippen molar-refractivity contribution in [2.75, 3.05) is 0 Å². The molecule has 0 saturated carbocycles. The number of carboxylic acids is 2. The van der Waals surface area contributed by atoms with Crippen molar-refractivity contribution in [1.29, 1.82) is 0 Å². The van der Waals surface area contributed by atoms with Gasteiger partial charge < -0.3 is 14.6 Å². The molecule has 1 aliphatic rings. The summed E-state index contributed by atoms with van der Waals surface area (Å²) in [4.78, 5) is 36.0. The molecule has 29 heavy (non-hydrogen) atoms. The lowest BCUT2D eigenvalue weighted by Crippen LogP contribution is -2.45. The Labute approximate surface area is 176 Å². The summed E-state index contributed by atoms with van der Waals surface area (Å²) in [6.07, 6.45) is 1.67. The lowest BCUT2D eigenvalue weighted by Gasteiger charge is -2.21. The van der Waals surface area contributed by atoms with Gasteiger partial charge in [-0.3, -0.25) is 14.5 Å². The van der Waals surface area contributed by atoms with Gasteiger partial charge in [0.1, 0.15) is 21.9 Å². The van der Waals surface area contributed by atoms with Gasteiger partial charge in [0.25, 0.3) is 5.91 Å². The van der Waals surface area contributed by atoms with Gasteiger partial charge in [0, 0.05) is 11.6 Å². The first kappa shape index (κ1) is 20.8. The number of amides is 1. The molecule has 3 rings (SSSR count). The lowest BCUT2D eigenvalue weighted by atomic mass is 10.1. The molecule has 0 aliphatic carbocycles. The van der Waals surface area contributed by atoms with E-state index in [4.69, 9.17) is 21.7 Å². The summed E-state index contributed by atoms with van der Waals surface area (Å²) in [5.41, 5.74) is 2.10. The van der Waals surface area contributed by atoms with Gasteiger partial charge in [-0.2, -0.15) is 0 Å². The Bertz CT molecular complexity index is 1010. The van der Waals surface area contributed by atoms with Crippen LogP contribution in [0.15, 0.2) is 45.7 Å². The predicted octanol–water partition coefficient (Wildman–Crippen LogP) is 3.64. The smallest absolute Gasteiger partial charge is 0.327 e. The Kier molecular flexibility index (Phi) is 6.19. The third kappa shape index (κ3) is 4.57. The highest BCUT2D eigenvalue weighted by atomic mass is 32.2. The molecule has 150 valence electrons. The van der Waals surface area contributed by atoms with Crippen LogP contribution in [0.2, 0.25) is 0 Å². The van der Waals surface area contributed by atoms with Crippen LogP contribution in [0.1, 0.15) is 24.7 Å². The highest BCUT2D eigenvalue weighted by Crippen LogP contribution is 2.35. The van der Waals surface area contributed by atoms with Gasteiger partial charge >= 0.3 is 11.9 Å². The second kappa shape index (κ2) is 8.62. The van der Waals surface area contributed by atoms with Gasteiger partial charge in [0.05, 0.1) is 11.3 Å². The van der Waals surface area contributed by atoms with E-state index in [-0.39, 0.29) is 9.23 Å². The van der Waals surface area contributed by atoms with Gasteiger partial charge in [-0.1, -0.05) is 55.2 Å². The van der Waals surface area contributed by atoms with Crippen LogP contribution >= 0.6 is 24.0 Å². The van der Waals surface area contributed by atoms with Crippen molar-refractivity contribution in [3.05, 3.63) is 52.6 Å². The quantitative estimate of drug-likeness (QED) is 0.505. The second-order valence-corrected chi connectivity index (χ2v) is 7.93. The number of benzene rings is 1. The molecular weight excluding hydrogens is 414 g/mol. The minimum absolute atomic E-state index is 0.00293. The summed E-state index contributed by atoms with van der Waals surface area (Å²) in [7, 11) is 0. The minimum Gasteiger partial charge on any atom is -0.481 e. The molecule has 1 fully saturated rings. The Morgan fingerprint density at radius 2 is 1.90 bits per heavy atom. The summed E-state index contributed by atoms with van der Waals surface area (Å²) < 4.78 is 5.78. The van der Waals surface area contributed by atoms with E-state index in [1.165, 1.54) is 11.6 Å². The van der Waals surface area contributed by atoms with Crippen LogP contribution in [-0.2, 0) is 20.8 Å². The van der Waals surface area contributed by atoms with Crippen LogP contribution < -0.4 is 0 Å². The number of thioether (sulfide) groups is 1. The number of carboxylic acid groups (broad SMARTS) is 2. The molecule has 1 aromatic carbocycles. The fourth-order valence-corrected chi connectivity index (χ4v) is 4.16. The highest BCUT2D eigenvalue weighted by Gasteiger charge is 2.41. The number of carbonyl (C=O) groups is 3. The third-order valence-electron chi connectivity index (χ3n) is 4.34. The highest BCUT2D eigenvalue weighted by molar-refractivity contribution is 8.26. The lowest BCUT2D eigenvalue weighted by molar-refractivity contribution is -0.150. The monoisotopic (exact) mass is 431 g/mol. The zero-order chi connectivity index (χ0) is 21.1. The van der Waals surface area contributed by atoms with Crippen molar-refractivity contribution < 1.29 is 29.0 Å². The average molecular weight is 431 g/mol. The van der Waals surface area contributed by atoms with E-state index in [2.05, 4.69) is 6.92 Å². The first-order chi connectivity index (χ1) is 13.8. The predicted molar refractivity (Wildman–Crippen MR) is 112 cm³/mol. The van der Waals surface area contributed by atoms with Gasteiger partial charge in [0.2, 0.25) is 0 Å². The van der Waals surface area contributed by atoms with Crippen molar-refractivity contribution in [1.82, 2.24) is 4.90 Å². The van der Waals surface area contributed by atoms with Gasteiger partial charge in [0.15, 0.2) is 0 Å². The number of hydrogen-bond donors (Lipinski definition) is 2. The van der Waals surface area contributed by atoms with E-state index in [0.29, 0.717) is 11.5 Å². The molecule has 2 heterocycles. The van der Waals surface area contributed by atoms with E-state index in [9.17, 15) is 19.5 Å². The number of rotatable bonds is 7. The molecule has 0 spiro atoms. The Morgan fingerprint density at radius 1 is 1.21 bits per heavy atom. The number of carbonyl (C=O) groups excluding carboxylic acids is 1. The summed E-state index contributed by atoms with van der Waals surface area (Å²) in [6.45, 7) is 2.07. The van der Waals surface area contributed by atoms with E-state index in [1.807, 2.05) is 24.3 Å². The molecule has 7 nitrogen and oxygen atoms in total. The van der Waals surface area contributed by atoms with Crippen LogP contribution in [0.25, 0.3) is 17.4 Å². The maximum absolute atomic E-state index is 12.6. The third-order valence-corrected chi connectivity index (χ3v) is 5.67. The molecule has 2 aromatic rings. The molecule has 0 radical (unpaired) electrons. The number of hydrogen-bond acceptors (Lipinski definition) is 6.